The fourth-order valence-corrected chi connectivity index (χ4v) is 6.75. The lowest BCUT2D eigenvalue weighted by molar-refractivity contribution is -0.133. The van der Waals surface area contributed by atoms with Crippen LogP contribution in [0, 0.1) is 35.5 Å². The van der Waals surface area contributed by atoms with Crippen LogP contribution in [0.4, 0.5) is 0 Å². The molecule has 0 fully saturated rings. The summed E-state index contributed by atoms with van der Waals surface area (Å²) in [4.78, 5) is 22.2. The van der Waals surface area contributed by atoms with E-state index in [1.165, 1.54) is 128 Å². The van der Waals surface area contributed by atoms with Crippen LogP contribution in [-0.4, -0.2) is 73.6 Å². The van der Waals surface area contributed by atoms with Crippen molar-refractivity contribution >= 4 is 11.6 Å². The highest BCUT2D eigenvalue weighted by atomic mass is 16.6. The molecule has 0 aromatic rings. The van der Waals surface area contributed by atoms with Gasteiger partial charge in [0.15, 0.2) is 5.78 Å². The number of Topliss-reactive ketones (excluding diaryl/α,β-unsaturated/α-hetero) is 2. The van der Waals surface area contributed by atoms with E-state index in [1.807, 2.05) is 55.4 Å². The average Bonchev–Trinajstić information content (AvgIpc) is 3.37. The number of unbranched alkanes of at least 4 members (excludes halogenated alkanes) is 8. The summed E-state index contributed by atoms with van der Waals surface area (Å²) in [6.07, 6.45) is 31.7. The zero-order valence-corrected chi connectivity index (χ0v) is 58.9. The SMILES string of the molecule is CC.CC.CC.CC(=O)C(C)C.CCC.CCC.CCC(C)CCCCCCCCCCOCC(OCCC(C)CCCC(C)CCCC(C)CCCC(C)C)C(C)=O.CCCCO.CCCOC(C)(C)COC(C)(C)C. The van der Waals surface area contributed by atoms with Crippen molar-refractivity contribution in [2.24, 2.45) is 35.5 Å². The first-order chi connectivity index (χ1) is 36.3. The Bertz CT molecular complexity index is 1020. The second kappa shape index (κ2) is 77.2. The molecule has 0 amide bonds. The van der Waals surface area contributed by atoms with Crippen LogP contribution in [0.5, 0.6) is 0 Å². The van der Waals surface area contributed by atoms with Gasteiger partial charge >= 0.3 is 0 Å². The maximum absolute atomic E-state index is 12.0. The van der Waals surface area contributed by atoms with Gasteiger partial charge in [-0.15, -0.1) is 0 Å². The van der Waals surface area contributed by atoms with Crippen LogP contribution in [0.1, 0.15) is 354 Å². The highest BCUT2D eigenvalue weighted by Crippen LogP contribution is 2.23. The monoisotopic (exact) mass is 1110 g/mol. The molecular weight excluding hydrogens is 953 g/mol. The van der Waals surface area contributed by atoms with Crippen molar-refractivity contribution in [3.63, 3.8) is 0 Å². The third-order valence-corrected chi connectivity index (χ3v) is 12.2. The van der Waals surface area contributed by atoms with Gasteiger partial charge in [-0.2, -0.15) is 0 Å². The van der Waals surface area contributed by atoms with E-state index in [1.54, 1.807) is 13.8 Å². The summed E-state index contributed by atoms with van der Waals surface area (Å²) in [5.74, 6) is 4.68. The van der Waals surface area contributed by atoms with Crippen LogP contribution in [-0.2, 0) is 28.5 Å². The zero-order chi connectivity index (χ0) is 61.9. The van der Waals surface area contributed by atoms with Crippen LogP contribution in [0.25, 0.3) is 0 Å². The summed E-state index contributed by atoms with van der Waals surface area (Å²) in [5, 5.41) is 8.07. The van der Waals surface area contributed by atoms with Gasteiger partial charge in [0.1, 0.15) is 11.9 Å². The van der Waals surface area contributed by atoms with E-state index in [9.17, 15) is 9.59 Å². The standard InChI is InChI=1S/C38H76O3.C11H24O2.C5H10O.C4H10O.2C3H8.3C2H6/c1-9-33(4)22-16-14-12-10-11-13-15-17-29-40-31-38(37(8)39)41-30-28-36(7)27-20-26-35(6)25-19-24-34(5)23-18-21-32(2)3;1-7-8-12-11(5,6)9-13-10(2,3)4;1-4(2)5(3)6;1-2-3-4-5;2*1-3-2;3*1-2/h32-36,38H,9-31H2,1-8H3;7-9H2,1-6H3;4H,1-3H3;5H,2-4H2,1H3;2*3H2,1-2H3;3*1-2H3. The average molecular weight is 1110 g/mol. The largest absolute Gasteiger partial charge is 0.396 e. The number of hydrogen-bond acceptors (Lipinski definition) is 7. The third-order valence-electron chi connectivity index (χ3n) is 12.2. The highest BCUT2D eigenvalue weighted by Gasteiger charge is 2.22. The molecule has 0 radical (unpaired) electrons. The molecule has 0 saturated carbocycles. The molecule has 0 aromatic heterocycles. The molecule has 0 aromatic carbocycles. The molecule has 77 heavy (non-hydrogen) atoms. The Kier molecular flexibility index (Phi) is 95.6. The van der Waals surface area contributed by atoms with Crippen LogP contribution in [0.2, 0.25) is 0 Å². The van der Waals surface area contributed by atoms with Gasteiger partial charge in [-0.05, 0) is 104 Å². The quantitative estimate of drug-likeness (QED) is 0.0613. The van der Waals surface area contributed by atoms with Gasteiger partial charge in [0, 0.05) is 32.3 Å². The molecule has 0 saturated heterocycles. The molecular formula is C70H154O7. The van der Waals surface area contributed by atoms with Crippen molar-refractivity contribution in [3.8, 4) is 0 Å². The second-order valence-corrected chi connectivity index (χ2v) is 23.7. The molecule has 7 heteroatoms. The molecule has 0 aliphatic rings. The number of aliphatic hydroxyl groups is 1. The lowest BCUT2D eigenvalue weighted by Crippen LogP contribution is -2.35. The first-order valence-corrected chi connectivity index (χ1v) is 33.4. The van der Waals surface area contributed by atoms with Crippen LogP contribution >= 0.6 is 0 Å². The maximum Gasteiger partial charge on any atom is 0.160 e. The van der Waals surface area contributed by atoms with E-state index < -0.39 is 6.10 Å². The molecule has 0 spiro atoms. The smallest absolute Gasteiger partial charge is 0.160 e. The van der Waals surface area contributed by atoms with Gasteiger partial charge in [0.25, 0.3) is 0 Å². The Morgan fingerprint density at radius 3 is 1.14 bits per heavy atom. The molecule has 0 heterocycles. The van der Waals surface area contributed by atoms with Gasteiger partial charge < -0.3 is 24.1 Å². The summed E-state index contributed by atoms with van der Waals surface area (Å²) in [6.45, 7) is 62.1. The molecule has 0 aliphatic heterocycles. The van der Waals surface area contributed by atoms with E-state index in [-0.39, 0.29) is 28.7 Å². The lowest BCUT2D eigenvalue weighted by Gasteiger charge is -2.29. The van der Waals surface area contributed by atoms with E-state index in [4.69, 9.17) is 24.1 Å². The minimum Gasteiger partial charge on any atom is -0.396 e. The van der Waals surface area contributed by atoms with Crippen LogP contribution < -0.4 is 0 Å². The number of aliphatic hydroxyl groups excluding tert-OH is 1. The summed E-state index contributed by atoms with van der Waals surface area (Å²) >= 11 is 0. The van der Waals surface area contributed by atoms with E-state index in [2.05, 4.69) is 125 Å². The number of hydrogen-bond donors (Lipinski definition) is 1. The second-order valence-electron chi connectivity index (χ2n) is 23.7. The van der Waals surface area contributed by atoms with Gasteiger partial charge in [-0.1, -0.05) is 280 Å². The molecule has 7 nitrogen and oxygen atoms in total. The molecule has 5 unspecified atom stereocenters. The molecule has 0 bridgehead atoms. The van der Waals surface area contributed by atoms with Gasteiger partial charge in [0.05, 0.1) is 24.4 Å². The Morgan fingerprint density at radius 2 is 0.818 bits per heavy atom. The van der Waals surface area contributed by atoms with Crippen molar-refractivity contribution in [2.45, 2.75) is 372 Å². The maximum atomic E-state index is 12.0. The fourth-order valence-electron chi connectivity index (χ4n) is 6.75. The number of ether oxygens (including phenoxy) is 4. The number of rotatable bonds is 39. The Morgan fingerprint density at radius 1 is 0.442 bits per heavy atom. The Balaban J connectivity index is -0.000000148. The van der Waals surface area contributed by atoms with Crippen molar-refractivity contribution in [3.05, 3.63) is 0 Å². The normalized spacial score (nSPS) is 12.6. The molecule has 0 rings (SSSR count). The number of carbonyl (C=O) groups is 2. The first kappa shape index (κ1) is 95.4. The number of ketones is 2. The summed E-state index contributed by atoms with van der Waals surface area (Å²) in [5.41, 5.74) is -0.240. The van der Waals surface area contributed by atoms with Crippen LogP contribution in [0.3, 0.4) is 0 Å². The molecule has 1 N–H and O–H groups in total. The summed E-state index contributed by atoms with van der Waals surface area (Å²) < 4.78 is 23.1. The molecule has 476 valence electrons. The van der Waals surface area contributed by atoms with Crippen molar-refractivity contribution in [2.75, 3.05) is 39.6 Å². The van der Waals surface area contributed by atoms with Gasteiger partial charge in [0.2, 0.25) is 0 Å². The van der Waals surface area contributed by atoms with Crippen molar-refractivity contribution in [1.29, 1.82) is 0 Å². The fraction of sp³-hybridized carbons (Fsp3) is 0.971. The van der Waals surface area contributed by atoms with E-state index in [0.717, 1.165) is 69.0 Å². The third kappa shape index (κ3) is 104. The minimum atomic E-state index is -0.398. The molecule has 0 aliphatic carbocycles. The highest BCUT2D eigenvalue weighted by molar-refractivity contribution is 5.80. The summed E-state index contributed by atoms with van der Waals surface area (Å²) in [7, 11) is 0. The topological polar surface area (TPSA) is 91.3 Å². The van der Waals surface area contributed by atoms with Gasteiger partial charge in [-0.25, -0.2) is 0 Å². The Labute approximate surface area is 490 Å². The first-order valence-electron chi connectivity index (χ1n) is 33.4. The minimum absolute atomic E-state index is 0.0765. The number of carbonyl (C=O) groups excluding carboxylic acids is 2. The van der Waals surface area contributed by atoms with E-state index >= 15 is 0 Å². The van der Waals surface area contributed by atoms with Gasteiger partial charge in [-0.3, -0.25) is 9.59 Å². The predicted octanol–water partition coefficient (Wildman–Crippen LogP) is 22.9. The van der Waals surface area contributed by atoms with Crippen molar-refractivity contribution in [1.82, 2.24) is 0 Å². The molecule has 5 atom stereocenters. The summed E-state index contributed by atoms with van der Waals surface area (Å²) in [6, 6.07) is 0. The zero-order valence-electron chi connectivity index (χ0n) is 58.9. The van der Waals surface area contributed by atoms with Crippen LogP contribution in [0.15, 0.2) is 0 Å². The van der Waals surface area contributed by atoms with E-state index in [0.29, 0.717) is 32.3 Å². The predicted molar refractivity (Wildman–Crippen MR) is 350 cm³/mol. The Hall–Kier alpha value is -0.860. The lowest BCUT2D eigenvalue weighted by atomic mass is 9.91. The van der Waals surface area contributed by atoms with Crippen molar-refractivity contribution < 1.29 is 33.6 Å².